The highest BCUT2D eigenvalue weighted by atomic mass is 32.1. The van der Waals surface area contributed by atoms with Crippen LogP contribution in [0.25, 0.3) is 10.7 Å². The van der Waals surface area contributed by atoms with Crippen LogP contribution >= 0.6 is 11.3 Å². The number of hydrogen-bond donors (Lipinski definition) is 1. The van der Waals surface area contributed by atoms with Gasteiger partial charge in [0.05, 0.1) is 4.88 Å². The second-order valence-electron chi connectivity index (χ2n) is 5.73. The molecule has 108 valence electrons. The molecule has 1 fully saturated rings. The van der Waals surface area contributed by atoms with Gasteiger partial charge in [-0.1, -0.05) is 25.3 Å². The van der Waals surface area contributed by atoms with Crippen molar-refractivity contribution in [3.63, 3.8) is 0 Å². The van der Waals surface area contributed by atoms with Gasteiger partial charge >= 0.3 is 0 Å². The van der Waals surface area contributed by atoms with Crippen LogP contribution in [-0.2, 0) is 0 Å². The third-order valence-corrected chi connectivity index (χ3v) is 5.06. The van der Waals surface area contributed by atoms with Crippen molar-refractivity contribution in [1.29, 1.82) is 0 Å². The molecule has 0 saturated heterocycles. The number of rotatable bonds is 5. The molecule has 1 aliphatic carbocycles. The van der Waals surface area contributed by atoms with Gasteiger partial charge in [-0.15, -0.1) is 11.3 Å². The van der Waals surface area contributed by atoms with E-state index in [9.17, 15) is 0 Å². The second kappa shape index (κ2) is 6.55. The first kappa shape index (κ1) is 13.8. The van der Waals surface area contributed by atoms with Gasteiger partial charge in [-0.25, -0.2) is 4.98 Å². The molecule has 2 aromatic heterocycles. The average Bonchev–Trinajstić information content (AvgIpc) is 3.15. The topological polar surface area (TPSA) is 29.9 Å². The first-order valence-electron chi connectivity index (χ1n) is 7.64. The molecule has 1 saturated carbocycles. The van der Waals surface area contributed by atoms with E-state index in [4.69, 9.17) is 0 Å². The fraction of sp³-hybridized carbons (Fsp3) is 0.562. The summed E-state index contributed by atoms with van der Waals surface area (Å²) in [6.07, 6.45) is 10.9. The fourth-order valence-electron chi connectivity index (χ4n) is 3.01. The van der Waals surface area contributed by atoms with Gasteiger partial charge in [-0.05, 0) is 31.2 Å². The van der Waals surface area contributed by atoms with E-state index in [1.54, 1.807) is 11.3 Å². The van der Waals surface area contributed by atoms with Gasteiger partial charge in [-0.3, -0.25) is 0 Å². The molecule has 0 aliphatic heterocycles. The van der Waals surface area contributed by atoms with E-state index in [0.717, 1.165) is 18.4 Å². The molecule has 1 unspecified atom stereocenters. The number of aromatic nitrogens is 2. The molecule has 2 aromatic rings. The number of thiophene rings is 1. The monoisotopic (exact) mass is 289 g/mol. The van der Waals surface area contributed by atoms with Gasteiger partial charge in [0.15, 0.2) is 0 Å². The molecule has 20 heavy (non-hydrogen) atoms. The Morgan fingerprint density at radius 3 is 3.00 bits per heavy atom. The first-order chi connectivity index (χ1) is 9.84. The minimum atomic E-state index is 0.441. The van der Waals surface area contributed by atoms with Crippen molar-refractivity contribution in [3.8, 4) is 10.7 Å². The van der Waals surface area contributed by atoms with Gasteiger partial charge in [-0.2, -0.15) is 0 Å². The van der Waals surface area contributed by atoms with Gasteiger partial charge in [0.1, 0.15) is 5.82 Å². The van der Waals surface area contributed by atoms with Gasteiger partial charge in [0.2, 0.25) is 0 Å². The maximum atomic E-state index is 4.52. The van der Waals surface area contributed by atoms with Crippen molar-refractivity contribution in [2.45, 2.75) is 51.1 Å². The van der Waals surface area contributed by atoms with Crippen LogP contribution in [0.2, 0.25) is 0 Å². The number of hydrogen-bond acceptors (Lipinski definition) is 3. The average molecular weight is 289 g/mol. The zero-order valence-electron chi connectivity index (χ0n) is 12.1. The Labute approximate surface area is 125 Å². The molecular formula is C16H23N3S. The first-order valence-corrected chi connectivity index (χ1v) is 8.52. The Morgan fingerprint density at radius 1 is 1.40 bits per heavy atom. The highest BCUT2D eigenvalue weighted by Crippen LogP contribution is 2.25. The van der Waals surface area contributed by atoms with Crippen molar-refractivity contribution in [2.75, 3.05) is 6.54 Å². The van der Waals surface area contributed by atoms with E-state index in [1.165, 1.54) is 37.0 Å². The zero-order chi connectivity index (χ0) is 13.8. The van der Waals surface area contributed by atoms with Crippen molar-refractivity contribution < 1.29 is 0 Å². The molecule has 0 radical (unpaired) electrons. The number of imidazole rings is 1. The maximum absolute atomic E-state index is 4.52. The minimum Gasteiger partial charge on any atom is -0.326 e. The van der Waals surface area contributed by atoms with Crippen LogP contribution in [0, 0.1) is 0 Å². The second-order valence-corrected chi connectivity index (χ2v) is 6.68. The molecule has 0 aromatic carbocycles. The lowest BCUT2D eigenvalue weighted by Gasteiger charge is -2.25. The number of nitrogens with one attached hydrogen (secondary N) is 1. The summed E-state index contributed by atoms with van der Waals surface area (Å²) < 4.78 is 2.29. The molecule has 3 rings (SSSR count). The van der Waals surface area contributed by atoms with Gasteiger partial charge in [0.25, 0.3) is 0 Å². The fourth-order valence-corrected chi connectivity index (χ4v) is 3.73. The largest absolute Gasteiger partial charge is 0.326 e. The van der Waals surface area contributed by atoms with Crippen LogP contribution in [0.1, 0.15) is 45.1 Å². The van der Waals surface area contributed by atoms with E-state index in [-0.39, 0.29) is 0 Å². The van der Waals surface area contributed by atoms with E-state index >= 15 is 0 Å². The molecule has 1 aliphatic rings. The van der Waals surface area contributed by atoms with Crippen molar-refractivity contribution in [2.24, 2.45) is 0 Å². The van der Waals surface area contributed by atoms with Crippen LogP contribution in [0.5, 0.6) is 0 Å². The van der Waals surface area contributed by atoms with Crippen LogP contribution in [0.15, 0.2) is 29.9 Å². The molecule has 0 spiro atoms. The highest BCUT2D eigenvalue weighted by molar-refractivity contribution is 7.13. The van der Waals surface area contributed by atoms with E-state index in [0.29, 0.717) is 6.04 Å². The summed E-state index contributed by atoms with van der Waals surface area (Å²) in [4.78, 5) is 5.77. The van der Waals surface area contributed by atoms with Crippen LogP contribution in [0.3, 0.4) is 0 Å². The van der Waals surface area contributed by atoms with Crippen molar-refractivity contribution >= 4 is 11.3 Å². The Bertz CT molecular complexity index is 512. The molecule has 4 heteroatoms. The third kappa shape index (κ3) is 3.13. The Balaban J connectivity index is 1.62. The lowest BCUT2D eigenvalue weighted by Crippen LogP contribution is -2.34. The predicted molar refractivity (Wildman–Crippen MR) is 85.1 cm³/mol. The standard InChI is InChI=1S/C16H23N3S/c1-13(12-18-14-6-3-2-4-7-14)19-10-9-17-16(19)15-8-5-11-20-15/h5,8-11,13-14,18H,2-4,6-7,12H2,1H3. The summed E-state index contributed by atoms with van der Waals surface area (Å²) in [6, 6.07) is 5.39. The van der Waals surface area contributed by atoms with Crippen molar-refractivity contribution in [3.05, 3.63) is 29.9 Å². The summed E-state index contributed by atoms with van der Waals surface area (Å²) >= 11 is 1.75. The third-order valence-electron chi connectivity index (χ3n) is 4.19. The van der Waals surface area contributed by atoms with Crippen molar-refractivity contribution in [1.82, 2.24) is 14.9 Å². The molecule has 3 nitrogen and oxygen atoms in total. The van der Waals surface area contributed by atoms with Gasteiger partial charge < -0.3 is 9.88 Å². The maximum Gasteiger partial charge on any atom is 0.150 e. The molecule has 1 atom stereocenters. The van der Waals surface area contributed by atoms with Crippen LogP contribution < -0.4 is 5.32 Å². The lowest BCUT2D eigenvalue weighted by molar-refractivity contribution is 0.352. The Kier molecular flexibility index (Phi) is 4.53. The van der Waals surface area contributed by atoms with E-state index in [2.05, 4.69) is 45.5 Å². The molecule has 0 amide bonds. The lowest BCUT2D eigenvalue weighted by atomic mass is 9.95. The predicted octanol–water partition coefficient (Wildman–Crippen LogP) is 4.09. The molecule has 1 N–H and O–H groups in total. The highest BCUT2D eigenvalue weighted by Gasteiger charge is 2.16. The summed E-state index contributed by atoms with van der Waals surface area (Å²) in [7, 11) is 0. The molecule has 0 bridgehead atoms. The summed E-state index contributed by atoms with van der Waals surface area (Å²) in [5.41, 5.74) is 0. The molecule has 2 heterocycles. The SMILES string of the molecule is CC(CNC1CCCCC1)n1ccnc1-c1cccs1. The quantitative estimate of drug-likeness (QED) is 0.898. The van der Waals surface area contributed by atoms with E-state index < -0.39 is 0 Å². The Morgan fingerprint density at radius 2 is 2.25 bits per heavy atom. The van der Waals surface area contributed by atoms with E-state index in [1.807, 2.05) is 6.20 Å². The summed E-state index contributed by atoms with van der Waals surface area (Å²) in [5.74, 6) is 1.10. The zero-order valence-corrected chi connectivity index (χ0v) is 12.9. The summed E-state index contributed by atoms with van der Waals surface area (Å²) in [5, 5.41) is 5.85. The number of nitrogens with zero attached hydrogens (tertiary/aromatic N) is 2. The van der Waals surface area contributed by atoms with Gasteiger partial charge in [0, 0.05) is 31.0 Å². The Hall–Kier alpha value is -1.13. The normalized spacial score (nSPS) is 18.2. The van der Waals surface area contributed by atoms with Crippen LogP contribution in [0.4, 0.5) is 0 Å². The minimum absolute atomic E-state index is 0.441. The van der Waals surface area contributed by atoms with Crippen LogP contribution in [-0.4, -0.2) is 22.1 Å². The summed E-state index contributed by atoms with van der Waals surface area (Å²) in [6.45, 7) is 3.30. The smallest absolute Gasteiger partial charge is 0.150 e. The molecular weight excluding hydrogens is 266 g/mol.